The highest BCUT2D eigenvalue weighted by Gasteiger charge is 2.48. The highest BCUT2D eigenvalue weighted by Crippen LogP contribution is 2.31. The van der Waals surface area contributed by atoms with Gasteiger partial charge in [-0.05, 0) is 38.2 Å². The summed E-state index contributed by atoms with van der Waals surface area (Å²) < 4.78 is 0. The maximum Gasteiger partial charge on any atom is 0.325 e. The summed E-state index contributed by atoms with van der Waals surface area (Å²) in [5.74, 6) is -0.263. The van der Waals surface area contributed by atoms with E-state index in [1.54, 1.807) is 11.8 Å². The minimum Gasteiger partial charge on any atom is -0.339 e. The van der Waals surface area contributed by atoms with Gasteiger partial charge in [0.25, 0.3) is 5.91 Å². The average Bonchev–Trinajstić information content (AvgIpc) is 3.58. The van der Waals surface area contributed by atoms with Crippen LogP contribution >= 0.6 is 0 Å². The molecule has 1 aromatic carbocycles. The summed E-state index contributed by atoms with van der Waals surface area (Å²) in [7, 11) is 0. The van der Waals surface area contributed by atoms with Crippen molar-refractivity contribution in [2.24, 2.45) is 5.92 Å². The fourth-order valence-electron chi connectivity index (χ4n) is 4.10. The van der Waals surface area contributed by atoms with Crippen LogP contribution in [0.4, 0.5) is 4.79 Å². The number of piperazine rings is 1. The Labute approximate surface area is 176 Å². The average molecular weight is 412 g/mol. The Kier molecular flexibility index (Phi) is 5.49. The first kappa shape index (κ1) is 20.4. The molecule has 8 nitrogen and oxygen atoms in total. The molecule has 1 atom stereocenters. The maximum absolute atomic E-state index is 12.9. The third kappa shape index (κ3) is 4.17. The molecule has 1 N–H and O–H groups in total. The van der Waals surface area contributed by atoms with Crippen LogP contribution in [0.1, 0.15) is 31.7 Å². The van der Waals surface area contributed by atoms with Gasteiger partial charge in [-0.25, -0.2) is 4.79 Å². The normalized spacial score (nSPS) is 24.2. The minimum absolute atomic E-state index is 0.173. The quantitative estimate of drug-likeness (QED) is 0.706. The number of carbonyl (C=O) groups is 4. The molecule has 5 amide bonds. The third-order valence-electron chi connectivity index (χ3n) is 6.27. The molecule has 1 saturated carbocycles. The summed E-state index contributed by atoms with van der Waals surface area (Å²) in [6.07, 6.45) is 3.05. The van der Waals surface area contributed by atoms with E-state index in [0.29, 0.717) is 39.0 Å². The molecular weight excluding hydrogens is 384 g/mol. The smallest absolute Gasteiger partial charge is 0.325 e. The van der Waals surface area contributed by atoms with Gasteiger partial charge < -0.3 is 15.1 Å². The Morgan fingerprint density at radius 3 is 2.30 bits per heavy atom. The number of hydrogen-bond acceptors (Lipinski definition) is 4. The van der Waals surface area contributed by atoms with Gasteiger partial charge in [0.1, 0.15) is 12.1 Å². The molecule has 2 aliphatic heterocycles. The Morgan fingerprint density at radius 1 is 1.03 bits per heavy atom. The second kappa shape index (κ2) is 8.08. The molecule has 1 aromatic rings. The Morgan fingerprint density at radius 2 is 1.67 bits per heavy atom. The molecule has 0 unspecified atom stereocenters. The number of benzene rings is 1. The van der Waals surface area contributed by atoms with Gasteiger partial charge in [0.2, 0.25) is 11.8 Å². The van der Waals surface area contributed by atoms with E-state index in [0.717, 1.165) is 23.3 Å². The van der Waals surface area contributed by atoms with E-state index in [4.69, 9.17) is 0 Å². The standard InChI is InChI=1S/C22H28N4O4/c1-22(10-9-16-5-3-2-4-6-16)20(29)26(21(30)23-22)15-18(27)24-11-13-25(14-12-24)19(28)17-7-8-17/h2-6,17H,7-15H2,1H3,(H,23,30)/t22-/m0/s1. The van der Waals surface area contributed by atoms with Crippen molar-refractivity contribution in [1.82, 2.24) is 20.0 Å². The van der Waals surface area contributed by atoms with Gasteiger partial charge in [-0.2, -0.15) is 0 Å². The van der Waals surface area contributed by atoms with Crippen LogP contribution in [0, 0.1) is 5.92 Å². The summed E-state index contributed by atoms with van der Waals surface area (Å²) in [6, 6.07) is 9.26. The van der Waals surface area contributed by atoms with Crippen molar-refractivity contribution in [3.63, 3.8) is 0 Å². The summed E-state index contributed by atoms with van der Waals surface area (Å²) in [4.78, 5) is 54.7. The number of aryl methyl sites for hydroxylation is 1. The van der Waals surface area contributed by atoms with E-state index in [-0.39, 0.29) is 30.2 Å². The van der Waals surface area contributed by atoms with Gasteiger partial charge in [0.15, 0.2) is 0 Å². The zero-order valence-corrected chi connectivity index (χ0v) is 17.3. The van der Waals surface area contributed by atoms with Crippen LogP contribution in [0.25, 0.3) is 0 Å². The van der Waals surface area contributed by atoms with E-state index in [9.17, 15) is 19.2 Å². The van der Waals surface area contributed by atoms with Crippen LogP contribution < -0.4 is 5.32 Å². The highest BCUT2D eigenvalue weighted by atomic mass is 16.2. The van der Waals surface area contributed by atoms with Crippen LogP contribution in [0.5, 0.6) is 0 Å². The predicted molar refractivity (Wildman–Crippen MR) is 109 cm³/mol. The zero-order valence-electron chi connectivity index (χ0n) is 17.3. The van der Waals surface area contributed by atoms with Crippen molar-refractivity contribution in [3.05, 3.63) is 35.9 Å². The lowest BCUT2D eigenvalue weighted by molar-refractivity contribution is -0.142. The van der Waals surface area contributed by atoms with Gasteiger partial charge >= 0.3 is 6.03 Å². The summed E-state index contributed by atoms with van der Waals surface area (Å²) >= 11 is 0. The predicted octanol–water partition coefficient (Wildman–Crippen LogP) is 1.01. The van der Waals surface area contributed by atoms with Gasteiger partial charge in [0, 0.05) is 32.1 Å². The molecule has 8 heteroatoms. The van der Waals surface area contributed by atoms with Crippen molar-refractivity contribution in [2.45, 2.75) is 38.1 Å². The molecule has 0 radical (unpaired) electrons. The highest BCUT2D eigenvalue weighted by molar-refractivity contribution is 6.08. The van der Waals surface area contributed by atoms with Crippen molar-refractivity contribution in [1.29, 1.82) is 0 Å². The Bertz CT molecular complexity index is 846. The van der Waals surface area contributed by atoms with Gasteiger partial charge in [-0.3, -0.25) is 19.3 Å². The molecular formula is C22H28N4O4. The number of urea groups is 1. The number of rotatable bonds is 6. The molecule has 30 heavy (non-hydrogen) atoms. The third-order valence-corrected chi connectivity index (χ3v) is 6.27. The lowest BCUT2D eigenvalue weighted by Crippen LogP contribution is -2.53. The molecule has 2 heterocycles. The first-order chi connectivity index (χ1) is 14.4. The lowest BCUT2D eigenvalue weighted by atomic mass is 9.93. The molecule has 0 spiro atoms. The van der Waals surface area contributed by atoms with Crippen LogP contribution in [0.2, 0.25) is 0 Å². The molecule has 3 fully saturated rings. The molecule has 1 aliphatic carbocycles. The van der Waals surface area contributed by atoms with Crippen molar-refractivity contribution < 1.29 is 19.2 Å². The molecule has 3 aliphatic rings. The number of nitrogens with zero attached hydrogens (tertiary/aromatic N) is 3. The number of amides is 5. The van der Waals surface area contributed by atoms with Crippen LogP contribution in [0.15, 0.2) is 30.3 Å². The summed E-state index contributed by atoms with van der Waals surface area (Å²) in [6.45, 7) is 3.34. The Balaban J connectivity index is 1.30. The molecule has 0 bridgehead atoms. The molecule has 0 aromatic heterocycles. The topological polar surface area (TPSA) is 90.0 Å². The number of imide groups is 1. The van der Waals surface area contributed by atoms with Crippen LogP contribution in [-0.4, -0.2) is 76.7 Å². The number of carbonyl (C=O) groups excluding carboxylic acids is 4. The van der Waals surface area contributed by atoms with E-state index in [2.05, 4.69) is 5.32 Å². The second-order valence-corrected chi connectivity index (χ2v) is 8.62. The molecule has 160 valence electrons. The molecule has 2 saturated heterocycles. The van der Waals surface area contributed by atoms with E-state index < -0.39 is 11.6 Å². The zero-order chi connectivity index (χ0) is 21.3. The maximum atomic E-state index is 12.9. The first-order valence-electron chi connectivity index (χ1n) is 10.6. The number of hydrogen-bond donors (Lipinski definition) is 1. The second-order valence-electron chi connectivity index (χ2n) is 8.62. The van der Waals surface area contributed by atoms with Crippen LogP contribution in [0.3, 0.4) is 0 Å². The van der Waals surface area contributed by atoms with Gasteiger partial charge in [-0.15, -0.1) is 0 Å². The summed E-state index contributed by atoms with van der Waals surface area (Å²) in [5.41, 5.74) is 0.0803. The van der Waals surface area contributed by atoms with E-state index >= 15 is 0 Å². The van der Waals surface area contributed by atoms with Gasteiger partial charge in [0.05, 0.1) is 0 Å². The van der Waals surface area contributed by atoms with E-state index in [1.807, 2.05) is 35.2 Å². The SMILES string of the molecule is C[C@@]1(CCc2ccccc2)NC(=O)N(CC(=O)N2CCN(C(=O)C3CC3)CC2)C1=O. The van der Waals surface area contributed by atoms with Crippen LogP contribution in [-0.2, 0) is 20.8 Å². The lowest BCUT2D eigenvalue weighted by Gasteiger charge is -2.35. The largest absolute Gasteiger partial charge is 0.339 e. The van der Waals surface area contributed by atoms with Crippen molar-refractivity contribution in [3.8, 4) is 0 Å². The Hall–Kier alpha value is -2.90. The van der Waals surface area contributed by atoms with E-state index in [1.165, 1.54) is 0 Å². The fourth-order valence-corrected chi connectivity index (χ4v) is 4.10. The molecule has 4 rings (SSSR count). The van der Waals surface area contributed by atoms with Gasteiger partial charge in [-0.1, -0.05) is 30.3 Å². The van der Waals surface area contributed by atoms with Crippen molar-refractivity contribution in [2.75, 3.05) is 32.7 Å². The monoisotopic (exact) mass is 412 g/mol. The minimum atomic E-state index is -1.01. The fraction of sp³-hybridized carbons (Fsp3) is 0.545. The summed E-state index contributed by atoms with van der Waals surface area (Å²) in [5, 5.41) is 2.76. The van der Waals surface area contributed by atoms with Crippen molar-refractivity contribution >= 4 is 23.8 Å². The number of nitrogens with one attached hydrogen (secondary N) is 1. The first-order valence-corrected chi connectivity index (χ1v) is 10.6.